The number of methoxy groups -OCH3 is 2. The number of rotatable bonds is 2. The second-order valence-electron chi connectivity index (χ2n) is 5.35. The van der Waals surface area contributed by atoms with Crippen molar-refractivity contribution in [3.05, 3.63) is 52.4 Å². The smallest absolute Gasteiger partial charge is 0.346 e. The zero-order valence-electron chi connectivity index (χ0n) is 12.8. The summed E-state index contributed by atoms with van der Waals surface area (Å²) in [5.41, 5.74) is 3.43. The van der Waals surface area contributed by atoms with E-state index in [1.165, 1.54) is 0 Å². The average Bonchev–Trinajstić information content (AvgIpc) is 2.60. The SMILES string of the molecule is COc1cc2oc(=O)c3c(c2cc1OC)NCc1ccccc1-3. The van der Waals surface area contributed by atoms with Gasteiger partial charge in [-0.15, -0.1) is 0 Å². The molecule has 0 saturated carbocycles. The number of fused-ring (bicyclic) bond motifs is 5. The Bertz CT molecular complexity index is 975. The van der Waals surface area contributed by atoms with Crippen LogP contribution in [0.2, 0.25) is 0 Å². The van der Waals surface area contributed by atoms with Crippen molar-refractivity contribution in [2.75, 3.05) is 19.5 Å². The molecule has 5 nitrogen and oxygen atoms in total. The first-order chi connectivity index (χ1) is 11.2. The van der Waals surface area contributed by atoms with E-state index in [1.807, 2.05) is 30.3 Å². The molecule has 2 heterocycles. The van der Waals surface area contributed by atoms with Gasteiger partial charge in [-0.1, -0.05) is 24.3 Å². The number of hydrogen-bond donors (Lipinski definition) is 1. The van der Waals surface area contributed by atoms with E-state index in [0.717, 1.165) is 22.2 Å². The van der Waals surface area contributed by atoms with Gasteiger partial charge in [0, 0.05) is 18.0 Å². The molecule has 2 aromatic carbocycles. The molecule has 0 bridgehead atoms. The van der Waals surface area contributed by atoms with Gasteiger partial charge >= 0.3 is 5.63 Å². The summed E-state index contributed by atoms with van der Waals surface area (Å²) in [5, 5.41) is 4.13. The van der Waals surface area contributed by atoms with Crippen LogP contribution in [0.15, 0.2) is 45.6 Å². The largest absolute Gasteiger partial charge is 0.493 e. The molecule has 0 fully saturated rings. The Balaban J connectivity index is 2.09. The van der Waals surface area contributed by atoms with Crippen molar-refractivity contribution in [1.29, 1.82) is 0 Å². The fourth-order valence-electron chi connectivity index (χ4n) is 3.06. The topological polar surface area (TPSA) is 60.7 Å². The van der Waals surface area contributed by atoms with Crippen molar-refractivity contribution in [2.45, 2.75) is 6.54 Å². The lowest BCUT2D eigenvalue weighted by atomic mass is 9.94. The highest BCUT2D eigenvalue weighted by Crippen LogP contribution is 2.41. The standard InChI is InChI=1S/C18H15NO4/c1-21-14-7-12-13(8-15(14)22-2)23-18(20)16-11-6-4-3-5-10(11)9-19-17(12)16/h3-8,19H,9H2,1-2H3. The minimum absolute atomic E-state index is 0.362. The maximum atomic E-state index is 12.5. The van der Waals surface area contributed by atoms with Crippen LogP contribution in [-0.4, -0.2) is 14.2 Å². The van der Waals surface area contributed by atoms with Crippen LogP contribution in [0.3, 0.4) is 0 Å². The van der Waals surface area contributed by atoms with Crippen molar-refractivity contribution >= 4 is 16.7 Å². The molecule has 5 heteroatoms. The van der Waals surface area contributed by atoms with Gasteiger partial charge in [0.15, 0.2) is 11.5 Å². The van der Waals surface area contributed by atoms with Crippen LogP contribution in [0.4, 0.5) is 5.69 Å². The summed E-state index contributed by atoms with van der Waals surface area (Å²) in [6, 6.07) is 11.3. The summed E-state index contributed by atoms with van der Waals surface area (Å²) >= 11 is 0. The zero-order valence-corrected chi connectivity index (χ0v) is 12.8. The Morgan fingerprint density at radius 1 is 1.09 bits per heavy atom. The molecule has 116 valence electrons. The van der Waals surface area contributed by atoms with Crippen LogP contribution in [0, 0.1) is 0 Å². The normalized spacial score (nSPS) is 12.3. The van der Waals surface area contributed by atoms with Crippen molar-refractivity contribution in [3.63, 3.8) is 0 Å². The molecule has 1 aliphatic rings. The Hall–Kier alpha value is -2.95. The predicted octanol–water partition coefficient (Wildman–Crippen LogP) is 3.40. The lowest BCUT2D eigenvalue weighted by Gasteiger charge is -2.22. The summed E-state index contributed by atoms with van der Waals surface area (Å²) in [4.78, 5) is 12.5. The van der Waals surface area contributed by atoms with Gasteiger partial charge in [-0.3, -0.25) is 0 Å². The molecule has 4 rings (SSSR count). The first kappa shape index (κ1) is 13.7. The van der Waals surface area contributed by atoms with E-state index in [2.05, 4.69) is 5.32 Å². The number of ether oxygens (including phenoxy) is 2. The lowest BCUT2D eigenvalue weighted by Crippen LogP contribution is -2.16. The van der Waals surface area contributed by atoms with Gasteiger partial charge in [0.2, 0.25) is 0 Å². The minimum Gasteiger partial charge on any atom is -0.493 e. The average molecular weight is 309 g/mol. The number of hydrogen-bond acceptors (Lipinski definition) is 5. The Kier molecular flexibility index (Phi) is 3.01. The summed E-state index contributed by atoms with van der Waals surface area (Å²) in [6.07, 6.45) is 0. The van der Waals surface area contributed by atoms with Gasteiger partial charge < -0.3 is 19.2 Å². The van der Waals surface area contributed by atoms with Gasteiger partial charge in [0.1, 0.15) is 5.58 Å². The van der Waals surface area contributed by atoms with Crippen LogP contribution in [-0.2, 0) is 6.54 Å². The molecule has 1 aliphatic heterocycles. The summed E-state index contributed by atoms with van der Waals surface area (Å²) in [6.45, 7) is 0.663. The van der Waals surface area contributed by atoms with E-state index in [1.54, 1.807) is 20.3 Å². The molecule has 0 atom stereocenters. The van der Waals surface area contributed by atoms with Crippen molar-refractivity contribution in [3.8, 4) is 22.6 Å². The fourth-order valence-corrected chi connectivity index (χ4v) is 3.06. The van der Waals surface area contributed by atoms with Gasteiger partial charge in [-0.25, -0.2) is 4.79 Å². The Labute approximate surface area is 132 Å². The van der Waals surface area contributed by atoms with Crippen LogP contribution >= 0.6 is 0 Å². The number of nitrogens with one attached hydrogen (secondary N) is 1. The van der Waals surface area contributed by atoms with E-state index in [-0.39, 0.29) is 5.63 Å². The summed E-state index contributed by atoms with van der Waals surface area (Å²) < 4.78 is 16.2. The second-order valence-corrected chi connectivity index (χ2v) is 5.35. The molecule has 0 spiro atoms. The van der Waals surface area contributed by atoms with Gasteiger partial charge in [-0.2, -0.15) is 0 Å². The van der Waals surface area contributed by atoms with Crippen LogP contribution in [0.25, 0.3) is 22.1 Å². The second kappa shape index (κ2) is 5.05. The third-order valence-electron chi connectivity index (χ3n) is 4.15. The maximum absolute atomic E-state index is 12.5. The Morgan fingerprint density at radius 3 is 2.61 bits per heavy atom. The molecule has 3 aromatic rings. The van der Waals surface area contributed by atoms with E-state index >= 15 is 0 Å². The lowest BCUT2D eigenvalue weighted by molar-refractivity contribution is 0.355. The quantitative estimate of drug-likeness (QED) is 0.735. The van der Waals surface area contributed by atoms with Crippen molar-refractivity contribution in [1.82, 2.24) is 0 Å². The molecule has 0 amide bonds. The highest BCUT2D eigenvalue weighted by Gasteiger charge is 2.23. The molecule has 0 unspecified atom stereocenters. The van der Waals surface area contributed by atoms with E-state index < -0.39 is 0 Å². The third-order valence-corrected chi connectivity index (χ3v) is 4.15. The predicted molar refractivity (Wildman–Crippen MR) is 88.4 cm³/mol. The van der Waals surface area contributed by atoms with Gasteiger partial charge in [-0.05, 0) is 17.2 Å². The van der Waals surface area contributed by atoms with Gasteiger partial charge in [0.05, 0.1) is 25.5 Å². The first-order valence-electron chi connectivity index (χ1n) is 7.28. The molecule has 0 radical (unpaired) electrons. The molecule has 1 N–H and O–H groups in total. The third kappa shape index (κ3) is 1.97. The summed E-state index contributed by atoms with van der Waals surface area (Å²) in [7, 11) is 3.13. The van der Waals surface area contributed by atoms with E-state index in [4.69, 9.17) is 13.9 Å². The molecular weight excluding hydrogens is 294 g/mol. The van der Waals surface area contributed by atoms with E-state index in [0.29, 0.717) is 29.2 Å². The fraction of sp³-hybridized carbons (Fsp3) is 0.167. The molecule has 0 saturated heterocycles. The highest BCUT2D eigenvalue weighted by atomic mass is 16.5. The number of benzene rings is 2. The Morgan fingerprint density at radius 2 is 1.83 bits per heavy atom. The maximum Gasteiger partial charge on any atom is 0.346 e. The van der Waals surface area contributed by atoms with Crippen LogP contribution < -0.4 is 20.4 Å². The zero-order chi connectivity index (χ0) is 16.0. The highest BCUT2D eigenvalue weighted by molar-refractivity contribution is 6.01. The van der Waals surface area contributed by atoms with Crippen LogP contribution in [0.1, 0.15) is 5.56 Å². The van der Waals surface area contributed by atoms with Crippen molar-refractivity contribution < 1.29 is 13.9 Å². The number of anilines is 1. The van der Waals surface area contributed by atoms with Crippen LogP contribution in [0.5, 0.6) is 11.5 Å². The summed E-state index contributed by atoms with van der Waals surface area (Å²) in [5.74, 6) is 1.12. The van der Waals surface area contributed by atoms with Crippen molar-refractivity contribution in [2.24, 2.45) is 0 Å². The molecule has 1 aromatic heterocycles. The molecular formula is C18H15NO4. The molecule has 23 heavy (non-hydrogen) atoms. The monoisotopic (exact) mass is 309 g/mol. The molecule has 0 aliphatic carbocycles. The first-order valence-corrected chi connectivity index (χ1v) is 7.28. The van der Waals surface area contributed by atoms with Gasteiger partial charge in [0.25, 0.3) is 0 Å². The minimum atomic E-state index is -0.362. The van der Waals surface area contributed by atoms with E-state index in [9.17, 15) is 4.79 Å².